The molecule has 2 N–H and O–H groups in total. The first-order valence-corrected chi connectivity index (χ1v) is 26.1. The molecule has 7 nitrogen and oxygen atoms in total. The predicted molar refractivity (Wildman–Crippen MR) is 225 cm³/mol. The van der Waals surface area contributed by atoms with Crippen LogP contribution in [0, 0.1) is 26.2 Å². The topological polar surface area (TPSA) is 102 Å². The van der Waals surface area contributed by atoms with Crippen molar-refractivity contribution >= 4 is 49.8 Å². The van der Waals surface area contributed by atoms with Crippen molar-refractivity contribution in [3.05, 3.63) is 96.0 Å². The van der Waals surface area contributed by atoms with Gasteiger partial charge in [-0.2, -0.15) is 21.6 Å². The van der Waals surface area contributed by atoms with Gasteiger partial charge in [-0.15, -0.1) is 0 Å². The molecule has 2 aliphatic rings. The number of aromatic hydroxyl groups is 2. The zero-order valence-electron chi connectivity index (χ0n) is 35.1. The molecule has 0 bridgehead atoms. The van der Waals surface area contributed by atoms with Crippen molar-refractivity contribution in [2.45, 2.75) is 117 Å². The van der Waals surface area contributed by atoms with Crippen LogP contribution in [0.5, 0.6) is 28.7 Å². The number of hydrogen-bond donors (Lipinski definition) is 2. The van der Waals surface area contributed by atoms with Gasteiger partial charge in [-0.25, -0.2) is 0 Å². The number of benzene rings is 2. The summed E-state index contributed by atoms with van der Waals surface area (Å²) in [5.74, 6) is 0.619. The monoisotopic (exact) mass is 912 g/mol. The summed E-state index contributed by atoms with van der Waals surface area (Å²) in [5, 5.41) is 20.4. The first-order chi connectivity index (χ1) is 24.1. The maximum atomic E-state index is 13.0. The maximum Gasteiger partial charge on any atom is 2.00 e. The van der Waals surface area contributed by atoms with Crippen LogP contribution in [0.25, 0.3) is 0 Å². The third kappa shape index (κ3) is 14.6. The molecule has 0 saturated heterocycles. The smallest absolute Gasteiger partial charge is 1.00 e. The molecule has 310 valence electrons. The van der Waals surface area contributed by atoms with Crippen molar-refractivity contribution in [2.24, 2.45) is 11.8 Å². The van der Waals surface area contributed by atoms with Gasteiger partial charge in [0.1, 0.15) is 28.7 Å². The van der Waals surface area contributed by atoms with Crippen LogP contribution in [0.3, 0.4) is 0 Å². The number of halogens is 4. The molecule has 15 heteroatoms. The van der Waals surface area contributed by atoms with E-state index in [2.05, 4.69) is 36.4 Å². The quantitative estimate of drug-likeness (QED) is 0.0808. The second-order valence-electron chi connectivity index (χ2n) is 16.5. The van der Waals surface area contributed by atoms with Gasteiger partial charge < -0.3 is 47.7 Å². The van der Waals surface area contributed by atoms with Crippen LogP contribution in [0.15, 0.2) is 71.9 Å². The minimum atomic E-state index is -5.86. The number of allylic oxidation sites excluding steroid dienone is 6. The van der Waals surface area contributed by atoms with Crippen LogP contribution in [0.2, 0.25) is 39.3 Å². The van der Waals surface area contributed by atoms with Crippen LogP contribution in [0.1, 0.15) is 81.9 Å². The molecule has 4 rings (SSSR count). The van der Waals surface area contributed by atoms with E-state index in [-0.39, 0.29) is 94.1 Å². The Morgan fingerprint density at radius 2 is 1.11 bits per heavy atom. The second-order valence-corrected chi connectivity index (χ2v) is 26.9. The van der Waals surface area contributed by atoms with Crippen LogP contribution in [0.4, 0.5) is 13.2 Å². The predicted octanol–water partition coefficient (Wildman–Crippen LogP) is 8.85. The summed E-state index contributed by atoms with van der Waals surface area (Å²) in [6.07, 6.45) is 8.14. The Labute approximate surface area is 362 Å². The van der Waals surface area contributed by atoms with E-state index < -0.39 is 38.0 Å². The maximum absolute atomic E-state index is 13.0. The zero-order valence-corrected chi connectivity index (χ0v) is 40.9. The minimum Gasteiger partial charge on any atom is -1.00 e. The van der Waals surface area contributed by atoms with Crippen LogP contribution in [-0.4, -0.2) is 63.8 Å². The van der Waals surface area contributed by atoms with E-state index in [1.807, 2.05) is 67.0 Å². The minimum absolute atomic E-state index is 0. The largest absolute Gasteiger partial charge is 2.00 e. The van der Waals surface area contributed by atoms with E-state index in [0.29, 0.717) is 11.1 Å². The number of alkyl halides is 3. The SMILES string of the molecule is C=C(C)[C@@H]1CCC(C)=C[C@H]1c1c(O)cc(C)cc1O.C=C(C)[C@@H]1CCC(C)=C[C@H]1c1c(O[Si](C)(C)C)cc(OS(=O)(=O)C(F)(F)F)cc1O[Si](C)(C)C.[Br-].[CH3-].[Mg+2]. The van der Waals surface area contributed by atoms with Crippen LogP contribution in [-0.2, 0) is 10.1 Å². The summed E-state index contributed by atoms with van der Waals surface area (Å²) >= 11 is 0. The zero-order chi connectivity index (χ0) is 40.4. The van der Waals surface area contributed by atoms with Crippen molar-refractivity contribution in [1.82, 2.24) is 0 Å². The van der Waals surface area contributed by atoms with Crippen molar-refractivity contribution < 1.29 is 61.8 Å². The summed E-state index contributed by atoms with van der Waals surface area (Å²) < 4.78 is 79.7. The second kappa shape index (κ2) is 20.7. The van der Waals surface area contributed by atoms with Crippen molar-refractivity contribution in [3.8, 4) is 28.7 Å². The first kappa shape index (κ1) is 53.8. The molecule has 56 heavy (non-hydrogen) atoms. The summed E-state index contributed by atoms with van der Waals surface area (Å²) in [6, 6.07) is 5.90. The summed E-state index contributed by atoms with van der Waals surface area (Å²) in [7, 11) is -10.4. The summed E-state index contributed by atoms with van der Waals surface area (Å²) in [4.78, 5) is 0. The molecule has 2 aromatic rings. The number of aryl methyl sites for hydroxylation is 1. The fourth-order valence-corrected chi connectivity index (χ4v) is 8.97. The van der Waals surface area contributed by atoms with Crippen LogP contribution < -0.4 is 30.0 Å². The third-order valence-electron chi connectivity index (χ3n) is 9.11. The molecule has 0 aliphatic heterocycles. The molecule has 0 heterocycles. The van der Waals surface area contributed by atoms with E-state index in [1.165, 1.54) is 23.3 Å². The van der Waals surface area contributed by atoms with E-state index in [1.54, 1.807) is 12.1 Å². The number of phenols is 2. The number of rotatable bonds is 10. The third-order valence-corrected chi connectivity index (χ3v) is 11.8. The molecule has 2 aromatic carbocycles. The summed E-state index contributed by atoms with van der Waals surface area (Å²) in [5.41, 5.74) is 1.20. The molecule has 0 saturated carbocycles. The van der Waals surface area contributed by atoms with E-state index in [0.717, 1.165) is 42.4 Å². The fourth-order valence-electron chi connectivity index (χ4n) is 6.87. The molecule has 0 fully saturated rings. The molecule has 2 aliphatic carbocycles. The van der Waals surface area contributed by atoms with Gasteiger partial charge in [0.05, 0.1) is 0 Å². The average molecular weight is 914 g/mol. The number of hydrogen-bond acceptors (Lipinski definition) is 7. The van der Waals surface area contributed by atoms with E-state index in [4.69, 9.17) is 8.85 Å². The Balaban J connectivity index is 0.00000117. The Bertz CT molecular complexity index is 1820. The van der Waals surface area contributed by atoms with Gasteiger partial charge in [0, 0.05) is 35.1 Å². The van der Waals surface area contributed by atoms with Gasteiger partial charge in [0.25, 0.3) is 0 Å². The Hall–Kier alpha value is -2.18. The molecule has 4 atom stereocenters. The molecular formula is C41H60BrF3MgO7SSi2. The fraction of sp³-hybridized carbons (Fsp3) is 0.488. The van der Waals surface area contributed by atoms with E-state index >= 15 is 0 Å². The van der Waals surface area contributed by atoms with Crippen molar-refractivity contribution in [3.63, 3.8) is 0 Å². The number of phenolic OH excluding ortho intramolecular Hbond substituents is 2. The molecule has 0 aromatic heterocycles. The molecule has 0 spiro atoms. The van der Waals surface area contributed by atoms with Gasteiger partial charge in [-0.05, 0) is 129 Å². The molecular weight excluding hydrogens is 854 g/mol. The Kier molecular flexibility index (Phi) is 19.9. The molecule has 0 amide bonds. The average Bonchev–Trinajstić information content (AvgIpc) is 2.94. The standard InChI is InChI=1S/C23H35F3O5SSi2.C17H22O2.CH3.BrH.Mg/c1-15(2)18-11-10-16(3)12-19(18)22-20(30-33(4,5)6)13-17(14-21(22)31-34(7,8)9)29-32(27,28)23(24,25)26;1-10(2)13-6-5-11(3)7-14(13)17-15(18)8-12(4)9-16(17)19;;;/h12-14,18-19H,1,10-11H2,2-9H3;7-9,13-14,18-19H,1,5-6H2,2-4H3;1H3;1H;/q;;-1;;+2/p-1/t18-,19+;13-,14+;;;/m00.../s1. The van der Waals surface area contributed by atoms with Gasteiger partial charge in [-0.1, -0.05) is 47.6 Å². The normalized spacial score (nSPS) is 19.9. The Morgan fingerprint density at radius 3 is 1.43 bits per heavy atom. The summed E-state index contributed by atoms with van der Waals surface area (Å²) in [6.45, 7) is 29.8. The van der Waals surface area contributed by atoms with E-state index in [9.17, 15) is 31.8 Å². The van der Waals surface area contributed by atoms with Crippen LogP contribution >= 0.6 is 0 Å². The van der Waals surface area contributed by atoms with Crippen molar-refractivity contribution in [2.75, 3.05) is 0 Å². The molecule has 0 radical (unpaired) electrons. The van der Waals surface area contributed by atoms with Gasteiger partial charge in [-0.3, -0.25) is 0 Å². The van der Waals surface area contributed by atoms with Gasteiger partial charge >= 0.3 is 38.7 Å². The first-order valence-electron chi connectivity index (χ1n) is 17.8. The van der Waals surface area contributed by atoms with Crippen molar-refractivity contribution in [1.29, 1.82) is 0 Å². The van der Waals surface area contributed by atoms with Gasteiger partial charge in [0.15, 0.2) is 0 Å². The Morgan fingerprint density at radius 1 is 0.750 bits per heavy atom. The molecule has 0 unspecified atom stereocenters. The van der Waals surface area contributed by atoms with Gasteiger partial charge in [0.2, 0.25) is 16.6 Å².